The van der Waals surface area contributed by atoms with Gasteiger partial charge in [-0.15, -0.1) is 6.58 Å². The van der Waals surface area contributed by atoms with Crippen molar-refractivity contribution in [3.63, 3.8) is 0 Å². The summed E-state index contributed by atoms with van der Waals surface area (Å²) in [5.74, 6) is 0.238. The highest BCUT2D eigenvalue weighted by atomic mass is 35.5. The van der Waals surface area contributed by atoms with Crippen LogP contribution in [0.4, 0.5) is 11.4 Å². The Morgan fingerprint density at radius 1 is 1.33 bits per heavy atom. The van der Waals surface area contributed by atoms with Gasteiger partial charge in [0.1, 0.15) is 12.4 Å². The zero-order chi connectivity index (χ0) is 19.6. The molecule has 3 rings (SSSR count). The van der Waals surface area contributed by atoms with Crippen molar-refractivity contribution in [3.05, 3.63) is 65.7 Å². The van der Waals surface area contributed by atoms with Crippen LogP contribution < -0.4 is 15.0 Å². The number of carbonyl (C=O) groups is 2. The summed E-state index contributed by atoms with van der Waals surface area (Å²) < 4.78 is 5.89. The van der Waals surface area contributed by atoms with Crippen LogP contribution in [0.15, 0.2) is 55.1 Å². The standard InChI is InChI=1S/C21H21ClN2O3/c1-4-10-24-17-9-8-16(12-18(17)27-13-21(2,3)20(24)26)23-19(25)14-6-5-7-15(22)11-14/h4-9,11-12H,1,10,13H2,2-3H3,(H,23,25). The van der Waals surface area contributed by atoms with Gasteiger partial charge in [0.15, 0.2) is 0 Å². The van der Waals surface area contributed by atoms with Crippen molar-refractivity contribution in [3.8, 4) is 5.75 Å². The predicted molar refractivity (Wildman–Crippen MR) is 108 cm³/mol. The van der Waals surface area contributed by atoms with E-state index >= 15 is 0 Å². The van der Waals surface area contributed by atoms with E-state index in [9.17, 15) is 9.59 Å². The van der Waals surface area contributed by atoms with Gasteiger partial charge in [0, 0.05) is 28.9 Å². The highest BCUT2D eigenvalue weighted by Gasteiger charge is 2.37. The van der Waals surface area contributed by atoms with Crippen LogP contribution in [-0.4, -0.2) is 25.0 Å². The Kier molecular flexibility index (Phi) is 5.24. The average Bonchev–Trinajstić information content (AvgIpc) is 2.72. The summed E-state index contributed by atoms with van der Waals surface area (Å²) in [5.41, 5.74) is 1.03. The molecule has 0 aromatic heterocycles. The molecule has 0 spiro atoms. The molecular weight excluding hydrogens is 364 g/mol. The van der Waals surface area contributed by atoms with Gasteiger partial charge in [0.2, 0.25) is 5.91 Å². The lowest BCUT2D eigenvalue weighted by Gasteiger charge is -2.27. The highest BCUT2D eigenvalue weighted by Crippen LogP contribution is 2.38. The summed E-state index contributed by atoms with van der Waals surface area (Å²) in [4.78, 5) is 26.9. The molecule has 0 saturated carbocycles. The van der Waals surface area contributed by atoms with Crippen LogP contribution >= 0.6 is 11.6 Å². The third-order valence-electron chi connectivity index (χ3n) is 4.32. The maximum Gasteiger partial charge on any atom is 0.255 e. The first-order valence-corrected chi connectivity index (χ1v) is 8.96. The summed E-state index contributed by atoms with van der Waals surface area (Å²) in [6, 6.07) is 12.0. The van der Waals surface area contributed by atoms with Gasteiger partial charge in [0.25, 0.3) is 5.91 Å². The molecule has 1 N–H and O–H groups in total. The van der Waals surface area contributed by atoms with Crippen molar-refractivity contribution >= 4 is 34.8 Å². The molecule has 2 aromatic carbocycles. The Hall–Kier alpha value is -2.79. The van der Waals surface area contributed by atoms with Crippen LogP contribution in [0.2, 0.25) is 5.02 Å². The Bertz CT molecular complexity index is 908. The molecule has 0 saturated heterocycles. The second-order valence-corrected chi connectivity index (χ2v) is 7.46. The van der Waals surface area contributed by atoms with E-state index < -0.39 is 5.41 Å². The molecule has 0 atom stereocenters. The quantitative estimate of drug-likeness (QED) is 0.788. The molecule has 6 heteroatoms. The van der Waals surface area contributed by atoms with E-state index in [4.69, 9.17) is 16.3 Å². The monoisotopic (exact) mass is 384 g/mol. The van der Waals surface area contributed by atoms with E-state index in [-0.39, 0.29) is 18.4 Å². The molecule has 1 aliphatic heterocycles. The smallest absolute Gasteiger partial charge is 0.255 e. The predicted octanol–water partition coefficient (Wildman–Crippen LogP) is 4.53. The fraction of sp³-hybridized carbons (Fsp3) is 0.238. The molecule has 0 bridgehead atoms. The van der Waals surface area contributed by atoms with Gasteiger partial charge in [-0.3, -0.25) is 9.59 Å². The first-order chi connectivity index (χ1) is 12.8. The molecule has 0 radical (unpaired) electrons. The SMILES string of the molecule is C=CCN1C(=O)C(C)(C)COc2cc(NC(=O)c3cccc(Cl)c3)ccc21. The van der Waals surface area contributed by atoms with Gasteiger partial charge in [0.05, 0.1) is 11.1 Å². The normalized spacial score (nSPS) is 15.4. The summed E-state index contributed by atoms with van der Waals surface area (Å²) >= 11 is 5.95. The number of halogens is 1. The van der Waals surface area contributed by atoms with E-state index in [1.54, 1.807) is 53.4 Å². The Morgan fingerprint density at radius 2 is 2.11 bits per heavy atom. The highest BCUT2D eigenvalue weighted by molar-refractivity contribution is 6.31. The summed E-state index contributed by atoms with van der Waals surface area (Å²) in [6.45, 7) is 8.06. The molecule has 0 unspecified atom stereocenters. The number of benzene rings is 2. The van der Waals surface area contributed by atoms with Crippen molar-refractivity contribution in [1.29, 1.82) is 0 Å². The number of nitrogens with zero attached hydrogens (tertiary/aromatic N) is 1. The van der Waals surface area contributed by atoms with Crippen molar-refractivity contribution in [2.24, 2.45) is 5.41 Å². The van der Waals surface area contributed by atoms with Gasteiger partial charge in [-0.1, -0.05) is 23.7 Å². The fourth-order valence-electron chi connectivity index (χ4n) is 2.87. The van der Waals surface area contributed by atoms with E-state index in [1.807, 2.05) is 13.8 Å². The zero-order valence-corrected chi connectivity index (χ0v) is 16.0. The summed E-state index contributed by atoms with van der Waals surface area (Å²) in [5, 5.41) is 3.33. The van der Waals surface area contributed by atoms with Crippen LogP contribution in [0.5, 0.6) is 5.75 Å². The first kappa shape index (κ1) is 19.0. The lowest BCUT2D eigenvalue weighted by molar-refractivity contribution is -0.127. The summed E-state index contributed by atoms with van der Waals surface area (Å²) in [7, 11) is 0. The van der Waals surface area contributed by atoms with E-state index in [0.29, 0.717) is 34.3 Å². The molecule has 1 heterocycles. The number of fused-ring (bicyclic) bond motifs is 1. The zero-order valence-electron chi connectivity index (χ0n) is 15.3. The maximum absolute atomic E-state index is 12.8. The number of anilines is 2. The first-order valence-electron chi connectivity index (χ1n) is 8.58. The van der Waals surface area contributed by atoms with Crippen LogP contribution in [-0.2, 0) is 4.79 Å². The third kappa shape index (κ3) is 3.98. The minimum atomic E-state index is -0.660. The summed E-state index contributed by atoms with van der Waals surface area (Å²) in [6.07, 6.45) is 1.68. The minimum Gasteiger partial charge on any atom is -0.490 e. The average molecular weight is 385 g/mol. The van der Waals surface area contributed by atoms with E-state index in [0.717, 1.165) is 0 Å². The number of hydrogen-bond donors (Lipinski definition) is 1. The second kappa shape index (κ2) is 7.45. The number of nitrogens with one attached hydrogen (secondary N) is 1. The number of amides is 2. The van der Waals surface area contributed by atoms with Gasteiger partial charge in [-0.25, -0.2) is 0 Å². The molecule has 27 heavy (non-hydrogen) atoms. The third-order valence-corrected chi connectivity index (χ3v) is 4.55. The molecule has 2 amide bonds. The number of rotatable bonds is 4. The van der Waals surface area contributed by atoms with E-state index in [1.165, 1.54) is 0 Å². The molecule has 1 aliphatic rings. The van der Waals surface area contributed by atoms with Crippen molar-refractivity contribution in [1.82, 2.24) is 0 Å². The van der Waals surface area contributed by atoms with Gasteiger partial charge in [-0.2, -0.15) is 0 Å². The number of ether oxygens (including phenoxy) is 1. The largest absolute Gasteiger partial charge is 0.490 e. The van der Waals surface area contributed by atoms with Crippen LogP contribution in [0.3, 0.4) is 0 Å². The van der Waals surface area contributed by atoms with E-state index in [2.05, 4.69) is 11.9 Å². The topological polar surface area (TPSA) is 58.6 Å². The van der Waals surface area contributed by atoms with Crippen molar-refractivity contribution in [2.75, 3.05) is 23.4 Å². The number of carbonyl (C=O) groups excluding carboxylic acids is 2. The van der Waals surface area contributed by atoms with Crippen LogP contribution in [0.25, 0.3) is 0 Å². The van der Waals surface area contributed by atoms with Gasteiger partial charge < -0.3 is 15.0 Å². The molecule has 5 nitrogen and oxygen atoms in total. The lowest BCUT2D eigenvalue weighted by Crippen LogP contribution is -2.42. The van der Waals surface area contributed by atoms with Crippen molar-refractivity contribution < 1.29 is 14.3 Å². The Balaban J connectivity index is 1.90. The molecule has 2 aromatic rings. The molecular formula is C21H21ClN2O3. The fourth-order valence-corrected chi connectivity index (χ4v) is 3.06. The number of hydrogen-bond acceptors (Lipinski definition) is 3. The minimum absolute atomic E-state index is 0.0307. The Labute approximate surface area is 163 Å². The molecule has 0 fully saturated rings. The van der Waals surface area contributed by atoms with Gasteiger partial charge >= 0.3 is 0 Å². The van der Waals surface area contributed by atoms with Crippen LogP contribution in [0.1, 0.15) is 24.2 Å². The lowest BCUT2D eigenvalue weighted by atomic mass is 9.93. The second-order valence-electron chi connectivity index (χ2n) is 7.02. The maximum atomic E-state index is 12.8. The Morgan fingerprint density at radius 3 is 2.81 bits per heavy atom. The molecule has 140 valence electrons. The van der Waals surface area contributed by atoms with Gasteiger partial charge in [-0.05, 0) is 44.2 Å². The van der Waals surface area contributed by atoms with Crippen molar-refractivity contribution in [2.45, 2.75) is 13.8 Å². The molecule has 0 aliphatic carbocycles. The van der Waals surface area contributed by atoms with Crippen LogP contribution in [0, 0.1) is 5.41 Å².